The van der Waals surface area contributed by atoms with Crippen LogP contribution in [0.15, 0.2) is 10.6 Å². The Labute approximate surface area is 104 Å². The number of carboxylic acids is 1. The molecule has 0 aromatic rings. The summed E-state index contributed by atoms with van der Waals surface area (Å²) in [6.45, 7) is 2.47. The van der Waals surface area contributed by atoms with Gasteiger partial charge in [-0.2, -0.15) is 0 Å². The van der Waals surface area contributed by atoms with Gasteiger partial charge in [-0.3, -0.25) is 4.79 Å². The molecule has 0 radical (unpaired) electrons. The first kappa shape index (κ1) is 12.4. The molecule has 0 aliphatic carbocycles. The molecule has 2 heterocycles. The summed E-state index contributed by atoms with van der Waals surface area (Å²) in [5, 5.41) is 9.19. The second-order valence-electron chi connectivity index (χ2n) is 4.21. The van der Waals surface area contributed by atoms with Crippen LogP contribution in [0.4, 0.5) is 0 Å². The smallest absolute Gasteiger partial charge is 0.353 e. The highest BCUT2D eigenvalue weighted by molar-refractivity contribution is 8.03. The number of carbonyl (C=O) groups excluding carboxylic acids is 1. The molecule has 2 aliphatic rings. The zero-order valence-electron chi connectivity index (χ0n) is 9.68. The number of carboxylic acid groups (broad SMARTS) is 1. The molecule has 0 bridgehead atoms. The SMILES string of the molecule is CC[C@H]1C(=O)N2C(C(=O)O)=C(SCCN)C[C@H]12. The van der Waals surface area contributed by atoms with E-state index >= 15 is 0 Å². The summed E-state index contributed by atoms with van der Waals surface area (Å²) in [5.41, 5.74) is 5.61. The van der Waals surface area contributed by atoms with Crippen molar-refractivity contribution in [1.82, 2.24) is 4.90 Å². The van der Waals surface area contributed by atoms with Crippen LogP contribution < -0.4 is 5.73 Å². The number of nitrogens with two attached hydrogens (primary N) is 1. The number of nitrogens with zero attached hydrogens (tertiary/aromatic N) is 1. The van der Waals surface area contributed by atoms with Crippen LogP contribution in [0.1, 0.15) is 19.8 Å². The fraction of sp³-hybridized carbons (Fsp3) is 0.636. The van der Waals surface area contributed by atoms with E-state index in [4.69, 9.17) is 5.73 Å². The van der Waals surface area contributed by atoms with Gasteiger partial charge in [-0.25, -0.2) is 4.79 Å². The van der Waals surface area contributed by atoms with Crippen molar-refractivity contribution in [3.63, 3.8) is 0 Å². The molecule has 17 heavy (non-hydrogen) atoms. The molecule has 0 saturated carbocycles. The number of hydrogen-bond donors (Lipinski definition) is 2. The van der Waals surface area contributed by atoms with Crippen LogP contribution >= 0.6 is 11.8 Å². The van der Waals surface area contributed by atoms with E-state index in [9.17, 15) is 14.7 Å². The van der Waals surface area contributed by atoms with Crippen LogP contribution in [0.3, 0.4) is 0 Å². The molecule has 3 N–H and O–H groups in total. The van der Waals surface area contributed by atoms with Crippen LogP contribution in [0, 0.1) is 5.92 Å². The fourth-order valence-corrected chi connectivity index (χ4v) is 3.49. The molecular weight excluding hydrogens is 240 g/mol. The summed E-state index contributed by atoms with van der Waals surface area (Å²) >= 11 is 1.46. The third-order valence-electron chi connectivity index (χ3n) is 3.29. The average Bonchev–Trinajstić information content (AvgIpc) is 2.62. The largest absolute Gasteiger partial charge is 0.477 e. The first-order valence-corrected chi connectivity index (χ1v) is 6.72. The van der Waals surface area contributed by atoms with Crippen molar-refractivity contribution >= 4 is 23.6 Å². The highest BCUT2D eigenvalue weighted by Crippen LogP contribution is 2.46. The van der Waals surface area contributed by atoms with Crippen LogP contribution in [0.2, 0.25) is 0 Å². The number of hydrogen-bond acceptors (Lipinski definition) is 4. The summed E-state index contributed by atoms with van der Waals surface area (Å²) in [4.78, 5) is 25.3. The third kappa shape index (κ3) is 1.85. The van der Waals surface area contributed by atoms with Crippen molar-refractivity contribution in [3.05, 3.63) is 10.6 Å². The van der Waals surface area contributed by atoms with Crippen molar-refractivity contribution in [2.45, 2.75) is 25.8 Å². The van der Waals surface area contributed by atoms with Crippen LogP contribution in [-0.4, -0.2) is 40.2 Å². The molecule has 5 nitrogen and oxygen atoms in total. The molecule has 1 saturated heterocycles. The van der Waals surface area contributed by atoms with Gasteiger partial charge in [-0.1, -0.05) is 6.92 Å². The average molecular weight is 256 g/mol. The highest BCUT2D eigenvalue weighted by atomic mass is 32.2. The van der Waals surface area contributed by atoms with E-state index in [1.807, 2.05) is 6.92 Å². The molecule has 2 rings (SSSR count). The van der Waals surface area contributed by atoms with Crippen molar-refractivity contribution in [2.24, 2.45) is 11.7 Å². The summed E-state index contributed by atoms with van der Waals surface area (Å²) in [7, 11) is 0. The van der Waals surface area contributed by atoms with Crippen LogP contribution in [0.25, 0.3) is 0 Å². The van der Waals surface area contributed by atoms with Gasteiger partial charge in [-0.15, -0.1) is 11.8 Å². The number of amides is 1. The van der Waals surface area contributed by atoms with E-state index in [0.29, 0.717) is 18.7 Å². The predicted molar refractivity (Wildman–Crippen MR) is 65.2 cm³/mol. The van der Waals surface area contributed by atoms with Gasteiger partial charge in [0.25, 0.3) is 0 Å². The minimum Gasteiger partial charge on any atom is -0.477 e. The predicted octanol–water partition coefficient (Wildman–Crippen LogP) is 0.615. The van der Waals surface area contributed by atoms with Crippen molar-refractivity contribution < 1.29 is 14.7 Å². The molecule has 0 unspecified atom stereocenters. The van der Waals surface area contributed by atoms with Gasteiger partial charge in [0.2, 0.25) is 5.91 Å². The number of rotatable bonds is 5. The van der Waals surface area contributed by atoms with Crippen molar-refractivity contribution in [3.8, 4) is 0 Å². The minimum atomic E-state index is -1.00. The quantitative estimate of drug-likeness (QED) is 0.704. The Bertz CT molecular complexity index is 394. The van der Waals surface area contributed by atoms with E-state index in [1.54, 1.807) is 0 Å². The lowest BCUT2D eigenvalue weighted by molar-refractivity contribution is -0.155. The third-order valence-corrected chi connectivity index (χ3v) is 4.44. The molecule has 94 valence electrons. The van der Waals surface area contributed by atoms with Crippen LogP contribution in [0.5, 0.6) is 0 Å². The molecule has 0 aromatic heterocycles. The van der Waals surface area contributed by atoms with E-state index < -0.39 is 5.97 Å². The Morgan fingerprint density at radius 2 is 2.35 bits per heavy atom. The molecule has 2 atom stereocenters. The maximum Gasteiger partial charge on any atom is 0.353 e. The summed E-state index contributed by atoms with van der Waals surface area (Å²) < 4.78 is 0. The molecule has 6 heteroatoms. The maximum absolute atomic E-state index is 11.8. The van der Waals surface area contributed by atoms with Crippen molar-refractivity contribution in [2.75, 3.05) is 12.3 Å². The number of carbonyl (C=O) groups is 2. The highest BCUT2D eigenvalue weighted by Gasteiger charge is 2.54. The van der Waals surface area contributed by atoms with Gasteiger partial charge in [-0.05, 0) is 6.42 Å². The first-order chi connectivity index (χ1) is 8.11. The molecular formula is C11H16N2O3S. The number of thioether (sulfide) groups is 1. The zero-order valence-corrected chi connectivity index (χ0v) is 10.5. The van der Waals surface area contributed by atoms with Gasteiger partial charge < -0.3 is 15.7 Å². The Balaban J connectivity index is 2.20. The van der Waals surface area contributed by atoms with E-state index in [1.165, 1.54) is 16.7 Å². The second-order valence-corrected chi connectivity index (χ2v) is 5.40. The van der Waals surface area contributed by atoms with Gasteiger partial charge in [0, 0.05) is 23.6 Å². The fourth-order valence-electron chi connectivity index (χ4n) is 2.51. The lowest BCUT2D eigenvalue weighted by Gasteiger charge is -2.42. The lowest BCUT2D eigenvalue weighted by atomic mass is 9.85. The Hall–Kier alpha value is -1.01. The number of fused-ring (bicyclic) bond motifs is 1. The Morgan fingerprint density at radius 3 is 2.88 bits per heavy atom. The Morgan fingerprint density at radius 1 is 1.65 bits per heavy atom. The number of aliphatic carboxylic acids is 1. The lowest BCUT2D eigenvalue weighted by Crippen LogP contribution is -2.58. The van der Waals surface area contributed by atoms with Gasteiger partial charge in [0.05, 0.1) is 12.0 Å². The normalized spacial score (nSPS) is 27.2. The molecule has 1 fully saturated rings. The molecule has 1 amide bonds. The Kier molecular flexibility index (Phi) is 3.44. The maximum atomic E-state index is 11.8. The summed E-state index contributed by atoms with van der Waals surface area (Å²) in [6.07, 6.45) is 1.46. The van der Waals surface area contributed by atoms with Gasteiger partial charge in [0.1, 0.15) is 5.70 Å². The van der Waals surface area contributed by atoms with Gasteiger partial charge in [0.15, 0.2) is 0 Å². The molecule has 0 aromatic carbocycles. The summed E-state index contributed by atoms with van der Waals surface area (Å²) in [6, 6.07) is 0.0684. The van der Waals surface area contributed by atoms with E-state index in [-0.39, 0.29) is 23.6 Å². The number of β-lactam (4-membered cyclic amide) rings is 1. The first-order valence-electron chi connectivity index (χ1n) is 5.74. The van der Waals surface area contributed by atoms with Crippen LogP contribution in [-0.2, 0) is 9.59 Å². The zero-order chi connectivity index (χ0) is 12.6. The van der Waals surface area contributed by atoms with Crippen molar-refractivity contribution in [1.29, 1.82) is 0 Å². The van der Waals surface area contributed by atoms with E-state index in [0.717, 1.165) is 11.3 Å². The van der Waals surface area contributed by atoms with E-state index in [2.05, 4.69) is 0 Å². The second kappa shape index (κ2) is 4.70. The standard InChI is InChI=1S/C11H16N2O3S/c1-2-6-7-5-8(17-4-3-12)9(11(15)16)13(7)10(6)14/h6-7H,2-5,12H2,1H3,(H,15,16)/t6-,7-/m1/s1. The monoisotopic (exact) mass is 256 g/mol. The topological polar surface area (TPSA) is 83.6 Å². The minimum absolute atomic E-state index is 0.000302. The summed E-state index contributed by atoms with van der Waals surface area (Å²) in [5.74, 6) is -0.356. The molecule has 2 aliphatic heterocycles. The van der Waals surface area contributed by atoms with Gasteiger partial charge >= 0.3 is 5.97 Å². The molecule has 0 spiro atoms.